The minimum absolute atomic E-state index is 0. The van der Waals surface area contributed by atoms with E-state index in [9.17, 15) is 0 Å². The molecular weight excluding hydrogens is 268 g/mol. The van der Waals surface area contributed by atoms with Crippen molar-refractivity contribution in [3.05, 3.63) is 0 Å². The molecule has 0 aliphatic carbocycles. The van der Waals surface area contributed by atoms with E-state index in [1.54, 1.807) is 0 Å². The van der Waals surface area contributed by atoms with Crippen LogP contribution in [0.1, 0.15) is 7.43 Å². The third-order valence-electron chi connectivity index (χ3n) is 0. The molecule has 0 heterocycles. The van der Waals surface area contributed by atoms with Crippen LogP contribution in [-0.2, 0) is 0 Å². The van der Waals surface area contributed by atoms with E-state index in [2.05, 4.69) is 0 Å². The highest BCUT2D eigenvalue weighted by atomic mass is 16.6. The van der Waals surface area contributed by atoms with E-state index in [0.29, 0.717) is 0 Å². The predicted molar refractivity (Wildman–Crippen MR) is 53.0 cm³/mol. The average Bonchev–Trinajstić information content (AvgIpc) is 1.76. The summed E-state index contributed by atoms with van der Waals surface area (Å²) in [4.78, 5) is 34.2. The van der Waals surface area contributed by atoms with Crippen molar-refractivity contribution in [1.29, 1.82) is 0 Å². The highest BCUT2D eigenvalue weighted by molar-refractivity contribution is 5.54. The van der Waals surface area contributed by atoms with Crippen LogP contribution in [0.4, 0.5) is 19.2 Å². The highest BCUT2D eigenvalue weighted by Crippen LogP contribution is 1.43. The lowest BCUT2D eigenvalue weighted by atomic mass is 11.5. The Balaban J connectivity index is -0.0000000257. The molecule has 13 heteroatoms. The Bertz CT molecular complexity index is 155. The lowest BCUT2D eigenvalue weighted by Crippen LogP contribution is -1.81. The van der Waals surface area contributed by atoms with Crippen LogP contribution < -0.4 is 0 Å². The van der Waals surface area contributed by atoms with E-state index < -0.39 is 24.6 Å². The Morgan fingerprint density at radius 2 is 0.444 bits per heavy atom. The Morgan fingerprint density at radius 1 is 0.444 bits per heavy atom. The summed E-state index contributed by atoms with van der Waals surface area (Å²) in [5.74, 6) is 0. The maximum atomic E-state index is 8.56. The number of carbonyl (C=O) groups is 4. The second-order valence-electron chi connectivity index (χ2n) is 1.13. The maximum absolute atomic E-state index is 8.56. The molecule has 0 saturated heterocycles. The molecule has 10 N–H and O–H groups in total. The van der Waals surface area contributed by atoms with Crippen LogP contribution in [-0.4, -0.2) is 70.9 Å². The summed E-state index contributed by atoms with van der Waals surface area (Å²) in [5, 5.41) is 55.8. The molecule has 112 valence electrons. The van der Waals surface area contributed by atoms with E-state index in [1.807, 2.05) is 0 Å². The zero-order valence-corrected chi connectivity index (χ0v) is 7.71. The summed E-state index contributed by atoms with van der Waals surface area (Å²) in [6, 6.07) is 0. The van der Waals surface area contributed by atoms with Gasteiger partial charge in [0.15, 0.2) is 0 Å². The van der Waals surface area contributed by atoms with Gasteiger partial charge in [0.05, 0.1) is 0 Å². The van der Waals surface area contributed by atoms with E-state index in [1.165, 1.54) is 0 Å². The van der Waals surface area contributed by atoms with Gasteiger partial charge in [0.1, 0.15) is 0 Å². The zero-order valence-electron chi connectivity index (χ0n) is 7.71. The van der Waals surface area contributed by atoms with Crippen LogP contribution in [0, 0.1) is 0 Å². The zero-order chi connectivity index (χ0) is 14.3. The third-order valence-corrected chi connectivity index (χ3v) is 0. The topological polar surface area (TPSA) is 262 Å². The number of hydrogen-bond acceptors (Lipinski definition) is 4. The van der Waals surface area contributed by atoms with Gasteiger partial charge in [-0.2, -0.15) is 0 Å². The van der Waals surface area contributed by atoms with Gasteiger partial charge in [-0.3, -0.25) is 0 Å². The van der Waals surface area contributed by atoms with Gasteiger partial charge >= 0.3 is 24.6 Å². The molecule has 0 fully saturated rings. The molecule has 0 aliphatic heterocycles. The minimum atomic E-state index is -1.83. The second kappa shape index (κ2) is 29.2. The van der Waals surface area contributed by atoms with Gasteiger partial charge in [-0.1, -0.05) is 7.43 Å². The molecule has 0 radical (unpaired) electrons. The summed E-state index contributed by atoms with van der Waals surface area (Å²) < 4.78 is 0. The molecule has 0 unspecified atom stereocenters. The van der Waals surface area contributed by atoms with Crippen LogP contribution in [0.25, 0.3) is 0 Å². The Hall–Kier alpha value is -2.96. The fourth-order valence-corrected chi connectivity index (χ4v) is 0. The molecule has 18 heavy (non-hydrogen) atoms. The Labute approximate surface area is 98.7 Å². The molecule has 13 nitrogen and oxygen atoms in total. The Kier molecular flexibility index (Phi) is 58.9. The van der Waals surface area contributed by atoms with Crippen LogP contribution in [0.3, 0.4) is 0 Å². The predicted octanol–water partition coefficient (Wildman–Crippen LogP) is 0.701. The summed E-state index contributed by atoms with van der Waals surface area (Å²) in [7, 11) is 0. The number of rotatable bonds is 0. The first-order valence-corrected chi connectivity index (χ1v) is 2.61. The van der Waals surface area contributed by atoms with Gasteiger partial charge in [-0.25, -0.2) is 19.2 Å². The van der Waals surface area contributed by atoms with Gasteiger partial charge in [-0.05, 0) is 0 Å². The quantitative estimate of drug-likeness (QED) is 0.305. The van der Waals surface area contributed by atoms with E-state index in [0.717, 1.165) is 0 Å². The number of hydrogen-bond donors (Lipinski definition) is 8. The van der Waals surface area contributed by atoms with Gasteiger partial charge < -0.3 is 46.3 Å². The maximum Gasteiger partial charge on any atom is 0.503 e. The summed E-state index contributed by atoms with van der Waals surface area (Å²) in [6.07, 6.45) is -7.33. The molecule has 0 aromatic rings. The third kappa shape index (κ3) is 216. The van der Waals surface area contributed by atoms with Crippen LogP contribution in [0.15, 0.2) is 0 Å². The fourth-order valence-electron chi connectivity index (χ4n) is 0. The largest absolute Gasteiger partial charge is 0.503 e. The molecule has 0 atom stereocenters. The smallest absolute Gasteiger partial charge is 0.450 e. The molecule has 0 spiro atoms. The molecule has 0 saturated carbocycles. The van der Waals surface area contributed by atoms with Gasteiger partial charge in [-0.15, -0.1) is 0 Å². The van der Waals surface area contributed by atoms with Crippen LogP contribution >= 0.6 is 0 Å². The average molecular weight is 282 g/mol. The highest BCUT2D eigenvalue weighted by Gasteiger charge is 1.71. The lowest BCUT2D eigenvalue weighted by molar-refractivity contribution is 0.135. The lowest BCUT2D eigenvalue weighted by Gasteiger charge is -1.60. The van der Waals surface area contributed by atoms with E-state index in [4.69, 9.17) is 60.0 Å². The van der Waals surface area contributed by atoms with Crippen molar-refractivity contribution in [1.82, 2.24) is 0 Å². The van der Waals surface area contributed by atoms with E-state index in [-0.39, 0.29) is 12.9 Å². The monoisotopic (exact) mass is 282 g/mol. The minimum Gasteiger partial charge on any atom is -0.450 e. The molecule has 0 aromatic heterocycles. The van der Waals surface area contributed by atoms with Crippen molar-refractivity contribution in [2.45, 2.75) is 7.43 Å². The molecule has 0 aromatic carbocycles. The first-order valence-electron chi connectivity index (χ1n) is 2.61. The van der Waals surface area contributed by atoms with Crippen molar-refractivity contribution >= 4 is 24.6 Å². The second-order valence-corrected chi connectivity index (χ2v) is 1.13. The molecular formula is C5H14O13. The SMILES string of the molecule is C.O.O=C(O)O.O=C(O)O.O=C(O)O.O=C(O)O. The van der Waals surface area contributed by atoms with Crippen molar-refractivity contribution in [3.8, 4) is 0 Å². The molecule has 0 aliphatic rings. The van der Waals surface area contributed by atoms with Crippen molar-refractivity contribution in [2.75, 3.05) is 0 Å². The molecule has 0 bridgehead atoms. The Morgan fingerprint density at radius 3 is 0.444 bits per heavy atom. The summed E-state index contributed by atoms with van der Waals surface area (Å²) in [6.45, 7) is 0. The fraction of sp³-hybridized carbons (Fsp3) is 0.200. The van der Waals surface area contributed by atoms with Gasteiger partial charge in [0.25, 0.3) is 0 Å². The molecule has 0 rings (SSSR count). The van der Waals surface area contributed by atoms with E-state index >= 15 is 0 Å². The van der Waals surface area contributed by atoms with Gasteiger partial charge in [0.2, 0.25) is 0 Å². The standard InChI is InChI=1S/4CH2O3.CH4.H2O/c4*2-1(3)4;;/h4*(H2,2,3,4);1H4;1H2. The normalized spacial score (nSPS) is 5.33. The van der Waals surface area contributed by atoms with Crippen LogP contribution in [0.5, 0.6) is 0 Å². The molecule has 0 amide bonds. The van der Waals surface area contributed by atoms with Crippen LogP contribution in [0.2, 0.25) is 0 Å². The summed E-state index contributed by atoms with van der Waals surface area (Å²) >= 11 is 0. The van der Waals surface area contributed by atoms with Crippen molar-refractivity contribution in [2.24, 2.45) is 0 Å². The summed E-state index contributed by atoms with van der Waals surface area (Å²) in [5.41, 5.74) is 0. The first kappa shape index (κ1) is 36.3. The first-order chi connectivity index (χ1) is 6.93. The van der Waals surface area contributed by atoms with Gasteiger partial charge in [0, 0.05) is 0 Å². The van der Waals surface area contributed by atoms with Crippen molar-refractivity contribution < 1.29 is 65.5 Å². The van der Waals surface area contributed by atoms with Crippen molar-refractivity contribution in [3.63, 3.8) is 0 Å². The number of carboxylic acid groups (broad SMARTS) is 8.